The van der Waals surface area contributed by atoms with Crippen LogP contribution in [0.3, 0.4) is 0 Å². The first kappa shape index (κ1) is 14.2. The zero-order valence-electron chi connectivity index (χ0n) is 11.4. The maximum atomic E-state index is 11.3. The molecular formula is C15H14ClNO3S. The molecule has 0 bridgehead atoms. The average Bonchev–Trinajstić information content (AvgIpc) is 2.91. The van der Waals surface area contributed by atoms with Gasteiger partial charge in [0, 0.05) is 4.88 Å². The van der Waals surface area contributed by atoms with Crippen LogP contribution in [0.2, 0.25) is 4.34 Å². The van der Waals surface area contributed by atoms with Crippen molar-refractivity contribution in [3.63, 3.8) is 0 Å². The van der Waals surface area contributed by atoms with Crippen molar-refractivity contribution in [2.75, 3.05) is 18.1 Å². The minimum atomic E-state index is -0.972. The van der Waals surface area contributed by atoms with Crippen LogP contribution in [0.25, 0.3) is 0 Å². The molecule has 6 heteroatoms. The Labute approximate surface area is 131 Å². The van der Waals surface area contributed by atoms with Gasteiger partial charge in [-0.25, -0.2) is 4.79 Å². The van der Waals surface area contributed by atoms with Gasteiger partial charge in [-0.05, 0) is 31.2 Å². The van der Waals surface area contributed by atoms with Crippen LogP contribution in [0.15, 0.2) is 30.3 Å². The Hall–Kier alpha value is -1.72. The van der Waals surface area contributed by atoms with Crippen LogP contribution >= 0.6 is 22.9 Å². The number of rotatable bonds is 3. The van der Waals surface area contributed by atoms with Crippen molar-refractivity contribution in [1.29, 1.82) is 0 Å². The molecule has 1 aromatic carbocycles. The number of carboxylic acid groups (broad SMARTS) is 1. The number of anilines is 1. The second-order valence-corrected chi connectivity index (χ2v) is 6.57. The molecule has 0 saturated carbocycles. The number of aromatic carboxylic acids is 1. The maximum Gasteiger partial charge on any atom is 0.339 e. The van der Waals surface area contributed by atoms with Crippen LogP contribution in [0.5, 0.6) is 5.75 Å². The molecular weight excluding hydrogens is 310 g/mol. The van der Waals surface area contributed by atoms with Gasteiger partial charge in [0.2, 0.25) is 0 Å². The molecule has 1 aromatic heterocycles. The molecule has 1 aliphatic heterocycles. The van der Waals surface area contributed by atoms with Crippen molar-refractivity contribution in [3.05, 3.63) is 45.1 Å². The summed E-state index contributed by atoms with van der Waals surface area (Å²) in [7, 11) is 0. The molecule has 110 valence electrons. The van der Waals surface area contributed by atoms with Crippen LogP contribution in [0.4, 0.5) is 5.69 Å². The van der Waals surface area contributed by atoms with Gasteiger partial charge in [0.25, 0.3) is 0 Å². The zero-order chi connectivity index (χ0) is 15.0. The summed E-state index contributed by atoms with van der Waals surface area (Å²) >= 11 is 7.55. The van der Waals surface area contributed by atoms with Crippen molar-refractivity contribution in [3.8, 4) is 5.75 Å². The zero-order valence-corrected chi connectivity index (χ0v) is 12.9. The predicted molar refractivity (Wildman–Crippen MR) is 84.0 cm³/mol. The summed E-state index contributed by atoms with van der Waals surface area (Å²) in [4.78, 5) is 14.6. The summed E-state index contributed by atoms with van der Waals surface area (Å²) in [6, 6.07) is 9.22. The molecule has 0 fully saturated rings. The van der Waals surface area contributed by atoms with Crippen molar-refractivity contribution >= 4 is 34.6 Å². The van der Waals surface area contributed by atoms with Crippen LogP contribution in [0, 0.1) is 0 Å². The van der Waals surface area contributed by atoms with Crippen LogP contribution < -0.4 is 9.64 Å². The van der Waals surface area contributed by atoms with E-state index in [0.29, 0.717) is 18.9 Å². The normalized spacial score (nSPS) is 15.2. The minimum Gasteiger partial charge on any atom is -0.489 e. The van der Waals surface area contributed by atoms with E-state index < -0.39 is 5.97 Å². The molecule has 1 N–H and O–H groups in total. The van der Waals surface area contributed by atoms with Gasteiger partial charge in [0.1, 0.15) is 12.2 Å². The fourth-order valence-corrected chi connectivity index (χ4v) is 3.67. The highest BCUT2D eigenvalue weighted by Gasteiger charge is 2.27. The minimum absolute atomic E-state index is 0.120. The Morgan fingerprint density at radius 1 is 1.43 bits per heavy atom. The summed E-state index contributed by atoms with van der Waals surface area (Å²) in [6.45, 7) is 3.28. The number of carbonyl (C=O) groups is 1. The maximum absolute atomic E-state index is 11.3. The first-order chi connectivity index (χ1) is 10.1. The SMILES string of the molecule is CC(c1ccc(Cl)s1)N1CCOc2c(C(=O)O)cccc21. The molecule has 0 spiro atoms. The van der Waals surface area contributed by atoms with E-state index in [1.165, 1.54) is 0 Å². The third-order valence-corrected chi connectivity index (χ3v) is 4.99. The number of hydrogen-bond acceptors (Lipinski definition) is 4. The number of thiophene rings is 1. The number of benzene rings is 1. The number of para-hydroxylation sites is 1. The van der Waals surface area contributed by atoms with E-state index in [-0.39, 0.29) is 11.6 Å². The molecule has 0 saturated heterocycles. The number of halogens is 1. The summed E-state index contributed by atoms with van der Waals surface area (Å²) in [5.74, 6) is -0.522. The Morgan fingerprint density at radius 3 is 2.90 bits per heavy atom. The molecule has 0 amide bonds. The number of hydrogen-bond donors (Lipinski definition) is 1. The third-order valence-electron chi connectivity index (χ3n) is 3.59. The molecule has 2 aromatic rings. The third kappa shape index (κ3) is 2.59. The van der Waals surface area contributed by atoms with Crippen molar-refractivity contribution in [2.24, 2.45) is 0 Å². The first-order valence-corrected chi connectivity index (χ1v) is 7.78. The molecule has 3 rings (SSSR count). The molecule has 1 aliphatic rings. The van der Waals surface area contributed by atoms with E-state index >= 15 is 0 Å². The summed E-state index contributed by atoms with van der Waals surface area (Å²) in [6.07, 6.45) is 0. The lowest BCUT2D eigenvalue weighted by molar-refractivity contribution is 0.0692. The molecule has 21 heavy (non-hydrogen) atoms. The molecule has 1 unspecified atom stereocenters. The first-order valence-electron chi connectivity index (χ1n) is 6.59. The molecule has 2 heterocycles. The number of ether oxygens (including phenoxy) is 1. The van der Waals surface area contributed by atoms with Crippen LogP contribution in [-0.2, 0) is 0 Å². The van der Waals surface area contributed by atoms with Gasteiger partial charge < -0.3 is 14.7 Å². The average molecular weight is 324 g/mol. The van der Waals surface area contributed by atoms with Gasteiger partial charge in [-0.15, -0.1) is 11.3 Å². The Kier molecular flexibility index (Phi) is 3.78. The van der Waals surface area contributed by atoms with Crippen LogP contribution in [0.1, 0.15) is 28.2 Å². The number of fused-ring (bicyclic) bond motifs is 1. The van der Waals surface area contributed by atoms with Crippen molar-refractivity contribution in [2.45, 2.75) is 13.0 Å². The molecule has 1 atom stereocenters. The lowest BCUT2D eigenvalue weighted by atomic mass is 10.1. The second-order valence-electron chi connectivity index (χ2n) is 4.82. The van der Waals surface area contributed by atoms with Gasteiger partial charge in [-0.2, -0.15) is 0 Å². The lowest BCUT2D eigenvalue weighted by Gasteiger charge is -2.36. The van der Waals surface area contributed by atoms with Crippen molar-refractivity contribution < 1.29 is 14.6 Å². The highest BCUT2D eigenvalue weighted by Crippen LogP contribution is 2.40. The molecule has 4 nitrogen and oxygen atoms in total. The smallest absolute Gasteiger partial charge is 0.339 e. The highest BCUT2D eigenvalue weighted by atomic mass is 35.5. The summed E-state index contributed by atoms with van der Waals surface area (Å²) in [5, 5.41) is 9.27. The van der Waals surface area contributed by atoms with E-state index in [9.17, 15) is 9.90 Å². The van der Waals surface area contributed by atoms with Gasteiger partial charge in [0.15, 0.2) is 5.75 Å². The van der Waals surface area contributed by atoms with Gasteiger partial charge in [0.05, 0.1) is 22.6 Å². The van der Waals surface area contributed by atoms with Crippen LogP contribution in [-0.4, -0.2) is 24.2 Å². The highest BCUT2D eigenvalue weighted by molar-refractivity contribution is 7.16. The Balaban J connectivity index is 2.01. The number of nitrogens with zero attached hydrogens (tertiary/aromatic N) is 1. The lowest BCUT2D eigenvalue weighted by Crippen LogP contribution is -2.35. The summed E-state index contributed by atoms with van der Waals surface area (Å²) in [5.41, 5.74) is 1.02. The second kappa shape index (κ2) is 5.58. The van der Waals surface area contributed by atoms with Gasteiger partial charge >= 0.3 is 5.97 Å². The molecule has 0 aliphatic carbocycles. The monoisotopic (exact) mass is 323 g/mol. The Morgan fingerprint density at radius 2 is 2.24 bits per heavy atom. The van der Waals surface area contributed by atoms with Crippen molar-refractivity contribution in [1.82, 2.24) is 0 Å². The number of carboxylic acids is 1. The Bertz CT molecular complexity index is 685. The topological polar surface area (TPSA) is 49.8 Å². The standard InChI is InChI=1S/C15H14ClNO3S/c1-9(12-5-6-13(16)21-12)17-7-8-20-14-10(15(18)19)3-2-4-11(14)17/h2-6,9H,7-8H2,1H3,(H,18,19). The fraction of sp³-hybridized carbons (Fsp3) is 0.267. The van der Waals surface area contributed by atoms with E-state index in [4.69, 9.17) is 16.3 Å². The quantitative estimate of drug-likeness (QED) is 0.925. The van der Waals surface area contributed by atoms with E-state index in [1.807, 2.05) is 18.2 Å². The molecule has 0 radical (unpaired) electrons. The van der Waals surface area contributed by atoms with E-state index in [0.717, 1.165) is 14.9 Å². The fourth-order valence-electron chi connectivity index (χ4n) is 2.55. The predicted octanol–water partition coefficient (Wildman–Crippen LogP) is 4.06. The summed E-state index contributed by atoms with van der Waals surface area (Å²) < 4.78 is 6.35. The van der Waals surface area contributed by atoms with E-state index in [2.05, 4.69) is 11.8 Å². The van der Waals surface area contributed by atoms with Gasteiger partial charge in [-0.1, -0.05) is 17.7 Å². The van der Waals surface area contributed by atoms with Gasteiger partial charge in [-0.3, -0.25) is 0 Å². The largest absolute Gasteiger partial charge is 0.489 e. The van der Waals surface area contributed by atoms with E-state index in [1.54, 1.807) is 23.5 Å².